The third kappa shape index (κ3) is 9.32. The zero-order chi connectivity index (χ0) is 11.0. The van der Waals surface area contributed by atoms with Gasteiger partial charge in [0.2, 0.25) is 0 Å². The summed E-state index contributed by atoms with van der Waals surface area (Å²) in [5, 5.41) is 3.10. The molecule has 84 valence electrons. The molecule has 0 aromatic carbocycles. The molecule has 0 aliphatic heterocycles. The number of nitrogens with zero attached hydrogens (tertiary/aromatic N) is 1. The standard InChI is InChI=1S/C10H23N3O/c1-5-14-8-6-7-12-9(11)13-10(2,3)4/h5-8H2,1-4H3,(H3,11,12,13). The van der Waals surface area contributed by atoms with Crippen LogP contribution in [0.4, 0.5) is 0 Å². The maximum absolute atomic E-state index is 5.67. The Morgan fingerprint density at radius 1 is 1.43 bits per heavy atom. The van der Waals surface area contributed by atoms with E-state index in [1.807, 2.05) is 6.92 Å². The highest BCUT2D eigenvalue weighted by Gasteiger charge is 2.09. The first-order chi connectivity index (χ1) is 6.45. The average molecular weight is 201 g/mol. The maximum Gasteiger partial charge on any atom is 0.188 e. The van der Waals surface area contributed by atoms with E-state index in [1.165, 1.54) is 0 Å². The Morgan fingerprint density at radius 3 is 2.57 bits per heavy atom. The minimum absolute atomic E-state index is 0.0203. The molecule has 0 fully saturated rings. The van der Waals surface area contributed by atoms with Crippen LogP contribution in [0, 0.1) is 0 Å². The van der Waals surface area contributed by atoms with Gasteiger partial charge in [0.05, 0.1) is 0 Å². The molecule has 0 saturated carbocycles. The Balaban J connectivity index is 3.57. The normalized spacial score (nSPS) is 13.0. The zero-order valence-corrected chi connectivity index (χ0v) is 9.76. The molecule has 0 rings (SSSR count). The summed E-state index contributed by atoms with van der Waals surface area (Å²) in [7, 11) is 0. The molecule has 0 bridgehead atoms. The minimum atomic E-state index is -0.0203. The highest BCUT2D eigenvalue weighted by molar-refractivity contribution is 5.78. The van der Waals surface area contributed by atoms with Gasteiger partial charge < -0.3 is 15.8 Å². The van der Waals surface area contributed by atoms with E-state index < -0.39 is 0 Å². The molecule has 4 nitrogen and oxygen atoms in total. The molecular formula is C10H23N3O. The molecule has 0 amide bonds. The molecule has 0 aliphatic carbocycles. The largest absolute Gasteiger partial charge is 0.382 e. The Bertz CT molecular complexity index is 173. The van der Waals surface area contributed by atoms with Crippen molar-refractivity contribution in [2.24, 2.45) is 10.7 Å². The smallest absolute Gasteiger partial charge is 0.188 e. The van der Waals surface area contributed by atoms with Gasteiger partial charge in [-0.05, 0) is 34.1 Å². The molecule has 0 aromatic heterocycles. The van der Waals surface area contributed by atoms with Crippen LogP contribution in [0.15, 0.2) is 4.99 Å². The fourth-order valence-electron chi connectivity index (χ4n) is 0.934. The maximum atomic E-state index is 5.67. The summed E-state index contributed by atoms with van der Waals surface area (Å²) < 4.78 is 5.19. The Kier molecular flexibility index (Phi) is 6.28. The summed E-state index contributed by atoms with van der Waals surface area (Å²) in [6.07, 6.45) is 0.917. The second-order valence-electron chi connectivity index (χ2n) is 4.19. The van der Waals surface area contributed by atoms with Crippen LogP contribution in [0.1, 0.15) is 34.1 Å². The van der Waals surface area contributed by atoms with E-state index in [1.54, 1.807) is 0 Å². The third-order valence-electron chi connectivity index (χ3n) is 1.44. The lowest BCUT2D eigenvalue weighted by Gasteiger charge is -2.20. The van der Waals surface area contributed by atoms with Gasteiger partial charge in [0.15, 0.2) is 5.96 Å². The molecule has 0 aromatic rings. The van der Waals surface area contributed by atoms with E-state index in [-0.39, 0.29) is 5.54 Å². The molecular weight excluding hydrogens is 178 g/mol. The Hall–Kier alpha value is -0.770. The fourth-order valence-corrected chi connectivity index (χ4v) is 0.934. The van der Waals surface area contributed by atoms with Crippen LogP contribution in [-0.2, 0) is 4.74 Å². The number of rotatable bonds is 5. The number of hydrogen-bond acceptors (Lipinski definition) is 2. The molecule has 0 heterocycles. The van der Waals surface area contributed by atoms with E-state index in [2.05, 4.69) is 31.1 Å². The van der Waals surface area contributed by atoms with Gasteiger partial charge in [-0.15, -0.1) is 0 Å². The van der Waals surface area contributed by atoms with Crippen LogP contribution < -0.4 is 11.1 Å². The summed E-state index contributed by atoms with van der Waals surface area (Å²) in [6, 6.07) is 0. The fraction of sp³-hybridized carbons (Fsp3) is 0.900. The van der Waals surface area contributed by atoms with E-state index in [4.69, 9.17) is 10.5 Å². The summed E-state index contributed by atoms with van der Waals surface area (Å²) in [5.41, 5.74) is 5.65. The van der Waals surface area contributed by atoms with Crippen molar-refractivity contribution in [1.29, 1.82) is 0 Å². The second-order valence-corrected chi connectivity index (χ2v) is 4.19. The van der Waals surface area contributed by atoms with Gasteiger partial charge in [-0.1, -0.05) is 0 Å². The summed E-state index contributed by atoms with van der Waals surface area (Å²) in [6.45, 7) is 10.4. The van der Waals surface area contributed by atoms with Gasteiger partial charge >= 0.3 is 0 Å². The van der Waals surface area contributed by atoms with E-state index in [9.17, 15) is 0 Å². The third-order valence-corrected chi connectivity index (χ3v) is 1.44. The number of ether oxygens (including phenoxy) is 1. The number of guanidine groups is 1. The van der Waals surface area contributed by atoms with E-state index in [0.717, 1.165) is 26.2 Å². The van der Waals surface area contributed by atoms with Gasteiger partial charge in [0, 0.05) is 25.3 Å². The van der Waals surface area contributed by atoms with Crippen molar-refractivity contribution in [2.45, 2.75) is 39.7 Å². The van der Waals surface area contributed by atoms with Gasteiger partial charge in [0.1, 0.15) is 0 Å². The number of aliphatic imine (C=N–C) groups is 1. The molecule has 4 heteroatoms. The van der Waals surface area contributed by atoms with Crippen LogP contribution in [0.2, 0.25) is 0 Å². The lowest BCUT2D eigenvalue weighted by Crippen LogP contribution is -2.45. The number of nitrogens with one attached hydrogen (secondary N) is 1. The van der Waals surface area contributed by atoms with Crippen LogP contribution in [0.5, 0.6) is 0 Å². The van der Waals surface area contributed by atoms with Crippen molar-refractivity contribution in [3.05, 3.63) is 0 Å². The molecule has 0 radical (unpaired) electrons. The van der Waals surface area contributed by atoms with Gasteiger partial charge in [-0.2, -0.15) is 0 Å². The van der Waals surface area contributed by atoms with Crippen molar-refractivity contribution in [1.82, 2.24) is 5.32 Å². The lowest BCUT2D eigenvalue weighted by atomic mass is 10.1. The topological polar surface area (TPSA) is 59.6 Å². The quantitative estimate of drug-likeness (QED) is 0.398. The van der Waals surface area contributed by atoms with Crippen molar-refractivity contribution >= 4 is 5.96 Å². The molecule has 14 heavy (non-hydrogen) atoms. The van der Waals surface area contributed by atoms with Crippen LogP contribution in [0.25, 0.3) is 0 Å². The van der Waals surface area contributed by atoms with Gasteiger partial charge in [0.25, 0.3) is 0 Å². The highest BCUT2D eigenvalue weighted by Crippen LogP contribution is 1.97. The predicted octanol–water partition coefficient (Wildman–Crippen LogP) is 1.12. The first-order valence-corrected chi connectivity index (χ1v) is 5.11. The SMILES string of the molecule is CCOCCCN=C(N)NC(C)(C)C. The molecule has 0 saturated heterocycles. The predicted molar refractivity (Wildman–Crippen MR) is 60.5 cm³/mol. The average Bonchev–Trinajstić information content (AvgIpc) is 2.00. The molecule has 0 spiro atoms. The summed E-state index contributed by atoms with van der Waals surface area (Å²) in [5.74, 6) is 0.508. The van der Waals surface area contributed by atoms with Crippen molar-refractivity contribution in [3.63, 3.8) is 0 Å². The Morgan fingerprint density at radius 2 is 2.07 bits per heavy atom. The zero-order valence-electron chi connectivity index (χ0n) is 9.76. The first kappa shape index (κ1) is 13.2. The van der Waals surface area contributed by atoms with Gasteiger partial charge in [-0.25, -0.2) is 0 Å². The van der Waals surface area contributed by atoms with Crippen molar-refractivity contribution in [3.8, 4) is 0 Å². The lowest BCUT2D eigenvalue weighted by molar-refractivity contribution is 0.146. The molecule has 3 N–H and O–H groups in total. The minimum Gasteiger partial charge on any atom is -0.382 e. The summed E-state index contributed by atoms with van der Waals surface area (Å²) >= 11 is 0. The van der Waals surface area contributed by atoms with Gasteiger partial charge in [-0.3, -0.25) is 4.99 Å². The number of hydrogen-bond donors (Lipinski definition) is 2. The monoisotopic (exact) mass is 201 g/mol. The summed E-state index contributed by atoms with van der Waals surface area (Å²) in [4.78, 5) is 4.18. The van der Waals surface area contributed by atoms with Crippen LogP contribution in [-0.4, -0.2) is 31.3 Å². The number of nitrogens with two attached hydrogens (primary N) is 1. The molecule has 0 aliphatic rings. The van der Waals surface area contributed by atoms with E-state index >= 15 is 0 Å². The van der Waals surface area contributed by atoms with Crippen LogP contribution in [0.3, 0.4) is 0 Å². The Labute approximate surface area is 86.9 Å². The second kappa shape index (κ2) is 6.65. The molecule has 0 unspecified atom stereocenters. The van der Waals surface area contributed by atoms with Crippen LogP contribution >= 0.6 is 0 Å². The van der Waals surface area contributed by atoms with E-state index in [0.29, 0.717) is 5.96 Å². The highest BCUT2D eigenvalue weighted by atomic mass is 16.5. The molecule has 0 atom stereocenters. The van der Waals surface area contributed by atoms with Crippen molar-refractivity contribution < 1.29 is 4.74 Å². The van der Waals surface area contributed by atoms with Crippen molar-refractivity contribution in [2.75, 3.05) is 19.8 Å². The first-order valence-electron chi connectivity index (χ1n) is 5.11.